The molecule has 0 unspecified atom stereocenters. The molecule has 0 saturated carbocycles. The van der Waals surface area contributed by atoms with Crippen molar-refractivity contribution in [3.05, 3.63) is 34.2 Å². The summed E-state index contributed by atoms with van der Waals surface area (Å²) in [4.78, 5) is 0. The van der Waals surface area contributed by atoms with Crippen LogP contribution in [0.3, 0.4) is 0 Å². The first-order valence-electron chi connectivity index (χ1n) is 13.6. The van der Waals surface area contributed by atoms with E-state index in [9.17, 15) is 0 Å². The van der Waals surface area contributed by atoms with E-state index in [0.717, 1.165) is 77.0 Å². The molecule has 3 N–H and O–H groups in total. The number of aromatic nitrogens is 6. The highest BCUT2D eigenvalue weighted by Crippen LogP contribution is 2.40. The minimum atomic E-state index is -0.810. The maximum absolute atomic E-state index is 4.90. The van der Waals surface area contributed by atoms with Crippen LogP contribution in [0.1, 0.15) is 114 Å². The molecule has 34 heavy (non-hydrogen) atoms. The Morgan fingerprint density at radius 1 is 0.441 bits per heavy atom. The molecule has 3 aromatic rings. The zero-order chi connectivity index (χ0) is 24.5. The Morgan fingerprint density at radius 3 is 0.941 bits per heavy atom. The predicted octanol–water partition coefficient (Wildman–Crippen LogP) is 5.33. The van der Waals surface area contributed by atoms with Crippen molar-refractivity contribution in [2.45, 2.75) is 119 Å². The molecule has 0 aliphatic carbocycles. The molecular weight excluding hydrogens is 439 g/mol. The van der Waals surface area contributed by atoms with Gasteiger partial charge in [-0.15, -0.1) is 0 Å². The summed E-state index contributed by atoms with van der Waals surface area (Å²) in [6, 6.07) is 0. The second kappa shape index (κ2) is 13.2. The Morgan fingerprint density at radius 2 is 0.706 bits per heavy atom. The Hall–Kier alpha value is -1.94. The van der Waals surface area contributed by atoms with Gasteiger partial charge in [0.1, 0.15) is 0 Å². The van der Waals surface area contributed by atoms with E-state index < -0.39 is 7.92 Å². The fourth-order valence-electron chi connectivity index (χ4n) is 4.88. The number of rotatable bonds is 15. The maximum Gasteiger partial charge on any atom is 0.0708 e. The zero-order valence-corrected chi connectivity index (χ0v) is 23.2. The first kappa shape index (κ1) is 26.7. The Kier molecular flexibility index (Phi) is 10.4. The van der Waals surface area contributed by atoms with E-state index in [4.69, 9.17) is 15.3 Å². The minimum Gasteiger partial charge on any atom is -0.282 e. The lowest BCUT2D eigenvalue weighted by atomic mass is 10.2. The van der Waals surface area contributed by atoms with Crippen molar-refractivity contribution in [2.75, 3.05) is 0 Å². The Balaban J connectivity index is 2.38. The molecular formula is C27H45N6P. The molecule has 3 heterocycles. The molecule has 3 rings (SSSR count). The quantitative estimate of drug-likeness (QED) is 0.255. The van der Waals surface area contributed by atoms with Crippen molar-refractivity contribution in [1.82, 2.24) is 30.6 Å². The Bertz CT molecular complexity index is 815. The molecule has 0 bridgehead atoms. The summed E-state index contributed by atoms with van der Waals surface area (Å²) in [5.41, 5.74) is 7.68. The Labute approximate surface area is 207 Å². The lowest BCUT2D eigenvalue weighted by molar-refractivity contribution is 0.845. The van der Waals surface area contributed by atoms with E-state index in [-0.39, 0.29) is 0 Å². The fraction of sp³-hybridized carbons (Fsp3) is 0.667. The van der Waals surface area contributed by atoms with Crippen LogP contribution in [0.25, 0.3) is 0 Å². The van der Waals surface area contributed by atoms with Gasteiger partial charge in [0.05, 0.1) is 17.1 Å². The first-order valence-corrected chi connectivity index (χ1v) is 15.0. The van der Waals surface area contributed by atoms with Crippen LogP contribution < -0.4 is 15.9 Å². The molecule has 0 aliphatic rings. The minimum absolute atomic E-state index is 0.810. The van der Waals surface area contributed by atoms with Gasteiger partial charge in [-0.05, 0) is 46.4 Å². The summed E-state index contributed by atoms with van der Waals surface area (Å²) < 4.78 is 0. The van der Waals surface area contributed by atoms with Gasteiger partial charge in [-0.1, -0.05) is 80.1 Å². The van der Waals surface area contributed by atoms with Gasteiger partial charge in [0, 0.05) is 33.0 Å². The summed E-state index contributed by atoms with van der Waals surface area (Å²) in [6.07, 6.45) is 12.7. The van der Waals surface area contributed by atoms with E-state index in [2.05, 4.69) is 56.8 Å². The highest BCUT2D eigenvalue weighted by Gasteiger charge is 2.34. The zero-order valence-electron chi connectivity index (χ0n) is 22.3. The van der Waals surface area contributed by atoms with Crippen molar-refractivity contribution in [2.24, 2.45) is 0 Å². The second-order valence-electron chi connectivity index (χ2n) is 9.33. The number of aryl methyl sites for hydroxylation is 6. The van der Waals surface area contributed by atoms with E-state index >= 15 is 0 Å². The SMILES string of the molecule is CCCc1n[nH]c(CCC)c1P(c1c(CCC)n[nH]c1CCC)c1c(CCC)n[nH]c1CCC. The first-order chi connectivity index (χ1) is 16.6. The van der Waals surface area contributed by atoms with Crippen LogP contribution >= 0.6 is 7.92 Å². The van der Waals surface area contributed by atoms with Crippen LogP contribution in [0.15, 0.2) is 0 Å². The molecule has 0 atom stereocenters. The molecule has 0 aromatic carbocycles. The van der Waals surface area contributed by atoms with Crippen molar-refractivity contribution in [1.29, 1.82) is 0 Å². The number of hydrogen-bond acceptors (Lipinski definition) is 3. The fourth-order valence-corrected chi connectivity index (χ4v) is 8.10. The molecule has 0 aliphatic heterocycles. The monoisotopic (exact) mass is 484 g/mol. The molecule has 0 saturated heterocycles. The van der Waals surface area contributed by atoms with Gasteiger partial charge in [-0.3, -0.25) is 15.3 Å². The van der Waals surface area contributed by atoms with Crippen molar-refractivity contribution < 1.29 is 0 Å². The van der Waals surface area contributed by atoms with E-state index in [1.807, 2.05) is 0 Å². The van der Waals surface area contributed by atoms with E-state index in [0.29, 0.717) is 0 Å². The molecule has 0 spiro atoms. The molecule has 7 heteroatoms. The molecule has 188 valence electrons. The molecule has 0 radical (unpaired) electrons. The number of hydrogen-bond donors (Lipinski definition) is 3. The summed E-state index contributed by atoms with van der Waals surface area (Å²) in [7, 11) is -0.810. The number of aromatic amines is 3. The van der Waals surface area contributed by atoms with Gasteiger partial charge in [0.25, 0.3) is 0 Å². The van der Waals surface area contributed by atoms with Crippen LogP contribution in [0.4, 0.5) is 0 Å². The van der Waals surface area contributed by atoms with E-state index in [1.165, 1.54) is 50.1 Å². The summed E-state index contributed by atoms with van der Waals surface area (Å²) >= 11 is 0. The van der Waals surface area contributed by atoms with Crippen LogP contribution in [-0.2, 0) is 38.5 Å². The van der Waals surface area contributed by atoms with Crippen LogP contribution in [0.5, 0.6) is 0 Å². The van der Waals surface area contributed by atoms with E-state index in [1.54, 1.807) is 0 Å². The molecule has 3 aromatic heterocycles. The van der Waals surface area contributed by atoms with Crippen molar-refractivity contribution in [3.8, 4) is 0 Å². The summed E-state index contributed by atoms with van der Waals surface area (Å²) in [6.45, 7) is 13.6. The number of nitrogens with one attached hydrogen (secondary N) is 3. The molecule has 0 amide bonds. The predicted molar refractivity (Wildman–Crippen MR) is 146 cm³/mol. The molecule has 6 nitrogen and oxygen atoms in total. The smallest absolute Gasteiger partial charge is 0.0708 e. The van der Waals surface area contributed by atoms with Crippen molar-refractivity contribution >= 4 is 23.8 Å². The second-order valence-corrected chi connectivity index (χ2v) is 11.3. The van der Waals surface area contributed by atoms with Gasteiger partial charge >= 0.3 is 0 Å². The topological polar surface area (TPSA) is 86.0 Å². The van der Waals surface area contributed by atoms with Crippen LogP contribution in [0, 0.1) is 0 Å². The third-order valence-corrected chi connectivity index (χ3v) is 9.21. The average Bonchev–Trinajstić information content (AvgIpc) is 3.51. The van der Waals surface area contributed by atoms with Gasteiger partial charge in [0.15, 0.2) is 0 Å². The third-order valence-electron chi connectivity index (χ3n) is 6.29. The standard InChI is InChI=1S/C27H45N6P/c1-7-13-19-25(20(14-8-2)29-28-19)34(26-21(15-9-3)30-31-22(26)16-10-4)27-23(17-11-5)32-33-24(27)18-12-6/h7-18H2,1-6H3,(H,28,29)(H,30,31)(H,32,33). The highest BCUT2D eigenvalue weighted by molar-refractivity contribution is 7.80. The number of H-pyrrole nitrogens is 3. The van der Waals surface area contributed by atoms with Crippen LogP contribution in [-0.4, -0.2) is 30.6 Å². The van der Waals surface area contributed by atoms with Gasteiger partial charge in [0.2, 0.25) is 0 Å². The lowest BCUT2D eigenvalue weighted by Gasteiger charge is -2.23. The highest BCUT2D eigenvalue weighted by atomic mass is 31.1. The normalized spacial score (nSPS) is 11.7. The maximum atomic E-state index is 4.90. The van der Waals surface area contributed by atoms with Gasteiger partial charge in [-0.2, -0.15) is 15.3 Å². The van der Waals surface area contributed by atoms with Gasteiger partial charge in [-0.25, -0.2) is 0 Å². The lowest BCUT2D eigenvalue weighted by Crippen LogP contribution is -2.30. The van der Waals surface area contributed by atoms with Crippen molar-refractivity contribution in [3.63, 3.8) is 0 Å². The summed E-state index contributed by atoms with van der Waals surface area (Å²) in [5.74, 6) is 0. The largest absolute Gasteiger partial charge is 0.282 e. The van der Waals surface area contributed by atoms with Crippen LogP contribution in [0.2, 0.25) is 0 Å². The third kappa shape index (κ3) is 5.64. The summed E-state index contributed by atoms with van der Waals surface area (Å²) in [5, 5.41) is 29.5. The van der Waals surface area contributed by atoms with Gasteiger partial charge < -0.3 is 0 Å². The number of nitrogens with zero attached hydrogens (tertiary/aromatic N) is 3. The average molecular weight is 485 g/mol. The molecule has 0 fully saturated rings.